The largest absolute Gasteiger partial charge is 0.480 e. The van der Waals surface area contributed by atoms with Crippen LogP contribution in [-0.2, 0) is 14.4 Å². The number of rotatable bonds is 5. The first-order valence-electron chi connectivity index (χ1n) is 7.22. The van der Waals surface area contributed by atoms with Crippen LogP contribution < -0.4 is 10.6 Å². The number of amides is 2. The van der Waals surface area contributed by atoms with E-state index in [1.54, 1.807) is 0 Å². The second-order valence-electron chi connectivity index (χ2n) is 5.42. The maximum atomic E-state index is 12.4. The number of hydrogen-bond donors (Lipinski definition) is 4. The molecular formula is C13H21N3O4S. The highest BCUT2D eigenvalue weighted by molar-refractivity contribution is 7.80. The standard InChI is InChI=1S/C13H21N3O4S/c17-11(8-3-1-5-14-8)15-9(7-21)12(18)16-6-2-4-10(16)13(19)20/h8-10,14,21H,1-7H2,(H,15,17)(H,19,20)/t8-,9-,10+/m0/s1. The van der Waals surface area contributed by atoms with Gasteiger partial charge in [0, 0.05) is 12.3 Å². The van der Waals surface area contributed by atoms with Gasteiger partial charge in [-0.15, -0.1) is 0 Å². The lowest BCUT2D eigenvalue weighted by atomic mass is 10.2. The second-order valence-corrected chi connectivity index (χ2v) is 5.79. The van der Waals surface area contributed by atoms with E-state index in [0.29, 0.717) is 19.4 Å². The first-order valence-corrected chi connectivity index (χ1v) is 7.85. The third-order valence-electron chi connectivity index (χ3n) is 3.99. The third-order valence-corrected chi connectivity index (χ3v) is 4.36. The smallest absolute Gasteiger partial charge is 0.326 e. The van der Waals surface area contributed by atoms with Crippen LogP contribution in [0.4, 0.5) is 0 Å². The van der Waals surface area contributed by atoms with Crippen LogP contribution in [0.2, 0.25) is 0 Å². The van der Waals surface area contributed by atoms with Gasteiger partial charge in [-0.05, 0) is 32.2 Å². The molecular weight excluding hydrogens is 294 g/mol. The van der Waals surface area contributed by atoms with Crippen molar-refractivity contribution in [1.29, 1.82) is 0 Å². The molecule has 21 heavy (non-hydrogen) atoms. The summed E-state index contributed by atoms with van der Waals surface area (Å²) in [5.74, 6) is -1.42. The quantitative estimate of drug-likeness (QED) is 0.499. The van der Waals surface area contributed by atoms with Gasteiger partial charge in [-0.2, -0.15) is 12.6 Å². The van der Waals surface area contributed by atoms with Crippen LogP contribution in [0.25, 0.3) is 0 Å². The summed E-state index contributed by atoms with van der Waals surface area (Å²) >= 11 is 4.12. The highest BCUT2D eigenvalue weighted by Crippen LogP contribution is 2.19. The molecule has 2 heterocycles. The molecule has 0 bridgehead atoms. The fraction of sp³-hybridized carbons (Fsp3) is 0.769. The van der Waals surface area contributed by atoms with E-state index in [9.17, 15) is 14.4 Å². The summed E-state index contributed by atoms with van der Waals surface area (Å²) in [5, 5.41) is 14.9. The zero-order valence-electron chi connectivity index (χ0n) is 11.7. The molecule has 0 radical (unpaired) electrons. The van der Waals surface area contributed by atoms with Crippen molar-refractivity contribution < 1.29 is 19.5 Å². The molecule has 0 saturated carbocycles. The Kier molecular flexibility index (Phi) is 5.46. The van der Waals surface area contributed by atoms with Crippen LogP contribution >= 0.6 is 12.6 Å². The molecule has 3 atom stereocenters. The van der Waals surface area contributed by atoms with Crippen molar-refractivity contribution in [2.75, 3.05) is 18.8 Å². The maximum absolute atomic E-state index is 12.4. The monoisotopic (exact) mass is 315 g/mol. The Bertz CT molecular complexity index is 426. The van der Waals surface area contributed by atoms with E-state index < -0.39 is 18.1 Å². The minimum atomic E-state index is -0.998. The summed E-state index contributed by atoms with van der Waals surface area (Å²) in [6, 6.07) is -1.83. The Morgan fingerprint density at radius 2 is 2.10 bits per heavy atom. The molecule has 0 aromatic heterocycles. The summed E-state index contributed by atoms with van der Waals surface area (Å²) in [6.07, 6.45) is 2.81. The number of carboxylic acid groups (broad SMARTS) is 1. The molecule has 2 aliphatic heterocycles. The predicted molar refractivity (Wildman–Crippen MR) is 79.2 cm³/mol. The predicted octanol–water partition coefficient (Wildman–Crippen LogP) is -0.771. The number of hydrogen-bond acceptors (Lipinski definition) is 5. The fourth-order valence-electron chi connectivity index (χ4n) is 2.85. The van der Waals surface area contributed by atoms with Gasteiger partial charge in [-0.25, -0.2) is 4.79 Å². The Hall–Kier alpha value is -1.28. The van der Waals surface area contributed by atoms with Crippen molar-refractivity contribution in [3.05, 3.63) is 0 Å². The average Bonchev–Trinajstić information content (AvgIpc) is 3.13. The lowest BCUT2D eigenvalue weighted by molar-refractivity contribution is -0.149. The minimum absolute atomic E-state index is 0.153. The number of nitrogens with zero attached hydrogens (tertiary/aromatic N) is 1. The minimum Gasteiger partial charge on any atom is -0.480 e. The number of likely N-dealkylation sites (tertiary alicyclic amines) is 1. The Morgan fingerprint density at radius 1 is 1.33 bits per heavy atom. The van der Waals surface area contributed by atoms with Gasteiger partial charge in [0.05, 0.1) is 6.04 Å². The molecule has 2 fully saturated rings. The van der Waals surface area contributed by atoms with E-state index >= 15 is 0 Å². The molecule has 2 amide bonds. The number of carbonyl (C=O) groups is 3. The third kappa shape index (κ3) is 3.68. The summed E-state index contributed by atoms with van der Waals surface area (Å²) in [6.45, 7) is 1.21. The molecule has 7 nitrogen and oxygen atoms in total. The van der Waals surface area contributed by atoms with E-state index in [1.165, 1.54) is 4.90 Å². The summed E-state index contributed by atoms with van der Waals surface area (Å²) in [4.78, 5) is 37.0. The molecule has 3 N–H and O–H groups in total. The zero-order chi connectivity index (χ0) is 15.4. The van der Waals surface area contributed by atoms with Crippen LogP contribution in [0, 0.1) is 0 Å². The molecule has 8 heteroatoms. The number of carbonyl (C=O) groups excluding carboxylic acids is 2. The number of carboxylic acids is 1. The van der Waals surface area contributed by atoms with E-state index in [0.717, 1.165) is 19.4 Å². The van der Waals surface area contributed by atoms with E-state index in [2.05, 4.69) is 23.3 Å². The topological polar surface area (TPSA) is 98.7 Å². The van der Waals surface area contributed by atoms with Gasteiger partial charge in [-0.3, -0.25) is 9.59 Å². The molecule has 118 valence electrons. The molecule has 0 aliphatic carbocycles. The SMILES string of the molecule is O=C(N[C@@H](CS)C(=O)N1CCC[C@@H]1C(=O)O)[C@@H]1CCCN1. The second kappa shape index (κ2) is 7.13. The number of aliphatic carboxylic acids is 1. The van der Waals surface area contributed by atoms with Crippen LogP contribution in [0.15, 0.2) is 0 Å². The molecule has 0 aromatic carbocycles. The summed E-state index contributed by atoms with van der Waals surface area (Å²) in [7, 11) is 0. The first-order chi connectivity index (χ1) is 10.0. The molecule has 2 aliphatic rings. The van der Waals surface area contributed by atoms with Crippen molar-refractivity contribution in [3.63, 3.8) is 0 Å². The highest BCUT2D eigenvalue weighted by Gasteiger charge is 2.37. The van der Waals surface area contributed by atoms with Crippen LogP contribution in [0.1, 0.15) is 25.7 Å². The normalized spacial score (nSPS) is 26.6. The Labute approximate surface area is 128 Å². The lowest BCUT2D eigenvalue weighted by Crippen LogP contribution is -2.55. The summed E-state index contributed by atoms with van der Waals surface area (Å²) in [5.41, 5.74) is 0. The lowest BCUT2D eigenvalue weighted by Gasteiger charge is -2.27. The van der Waals surface area contributed by atoms with Crippen molar-refractivity contribution >= 4 is 30.4 Å². The number of nitrogens with one attached hydrogen (secondary N) is 2. The van der Waals surface area contributed by atoms with Gasteiger partial charge in [0.2, 0.25) is 11.8 Å². The van der Waals surface area contributed by atoms with Crippen molar-refractivity contribution in [2.24, 2.45) is 0 Å². The molecule has 0 unspecified atom stereocenters. The van der Waals surface area contributed by atoms with Gasteiger partial charge in [-0.1, -0.05) is 0 Å². The average molecular weight is 315 g/mol. The zero-order valence-corrected chi connectivity index (χ0v) is 12.6. The highest BCUT2D eigenvalue weighted by atomic mass is 32.1. The van der Waals surface area contributed by atoms with Gasteiger partial charge in [0.15, 0.2) is 0 Å². The van der Waals surface area contributed by atoms with Crippen molar-refractivity contribution in [3.8, 4) is 0 Å². The van der Waals surface area contributed by atoms with Gasteiger partial charge in [0.1, 0.15) is 12.1 Å². The molecule has 0 spiro atoms. The molecule has 0 aromatic rings. The maximum Gasteiger partial charge on any atom is 0.326 e. The van der Waals surface area contributed by atoms with Gasteiger partial charge < -0.3 is 20.6 Å². The fourth-order valence-corrected chi connectivity index (χ4v) is 3.10. The van der Waals surface area contributed by atoms with E-state index in [4.69, 9.17) is 5.11 Å². The van der Waals surface area contributed by atoms with Gasteiger partial charge in [0.25, 0.3) is 0 Å². The summed E-state index contributed by atoms with van der Waals surface area (Å²) < 4.78 is 0. The Balaban J connectivity index is 1.97. The van der Waals surface area contributed by atoms with E-state index in [1.807, 2.05) is 0 Å². The van der Waals surface area contributed by atoms with Gasteiger partial charge >= 0.3 is 5.97 Å². The van der Waals surface area contributed by atoms with Crippen molar-refractivity contribution in [1.82, 2.24) is 15.5 Å². The van der Waals surface area contributed by atoms with Crippen LogP contribution in [0.3, 0.4) is 0 Å². The molecule has 2 saturated heterocycles. The van der Waals surface area contributed by atoms with E-state index in [-0.39, 0.29) is 23.6 Å². The first kappa shape index (κ1) is 16.1. The molecule has 2 rings (SSSR count). The van der Waals surface area contributed by atoms with Crippen LogP contribution in [0.5, 0.6) is 0 Å². The van der Waals surface area contributed by atoms with Crippen molar-refractivity contribution in [2.45, 2.75) is 43.8 Å². The Morgan fingerprint density at radius 3 is 2.67 bits per heavy atom. The number of thiol groups is 1. The van der Waals surface area contributed by atoms with Crippen LogP contribution in [-0.4, -0.2) is 64.8 Å².